The predicted molar refractivity (Wildman–Crippen MR) is 65.7 cm³/mol. The summed E-state index contributed by atoms with van der Waals surface area (Å²) in [6.07, 6.45) is 0. The van der Waals surface area contributed by atoms with Gasteiger partial charge in [0.05, 0.1) is 7.11 Å². The molecule has 17 heavy (non-hydrogen) atoms. The van der Waals surface area contributed by atoms with Gasteiger partial charge in [-0.05, 0) is 13.8 Å². The van der Waals surface area contributed by atoms with Crippen molar-refractivity contribution in [1.82, 2.24) is 9.97 Å². The van der Waals surface area contributed by atoms with Crippen LogP contribution in [-0.4, -0.2) is 35.6 Å². The van der Waals surface area contributed by atoms with Crippen LogP contribution in [-0.2, 0) is 9.53 Å². The number of hydrogen-bond acceptors (Lipinski definition) is 7. The molecule has 4 N–H and O–H groups in total. The predicted octanol–water partition coefficient (Wildman–Crippen LogP) is 0.464. The lowest BCUT2D eigenvalue weighted by Gasteiger charge is -2.13. The van der Waals surface area contributed by atoms with Gasteiger partial charge >= 0.3 is 5.97 Å². The highest BCUT2D eigenvalue weighted by Crippen LogP contribution is 2.13. The van der Waals surface area contributed by atoms with E-state index in [1.165, 1.54) is 7.11 Å². The van der Waals surface area contributed by atoms with Crippen molar-refractivity contribution < 1.29 is 9.53 Å². The first-order valence-corrected chi connectivity index (χ1v) is 5.29. The highest BCUT2D eigenvalue weighted by atomic mass is 16.5. The molecule has 7 nitrogen and oxygen atoms in total. The molecule has 1 atom stereocenters. The van der Waals surface area contributed by atoms with Gasteiger partial charge in [-0.2, -0.15) is 9.97 Å². The lowest BCUT2D eigenvalue weighted by Crippen LogP contribution is -2.27. The summed E-state index contributed by atoms with van der Waals surface area (Å²) in [6.45, 7) is 4.35. The van der Waals surface area contributed by atoms with Crippen LogP contribution in [0.25, 0.3) is 0 Å². The zero-order chi connectivity index (χ0) is 12.8. The summed E-state index contributed by atoms with van der Waals surface area (Å²) >= 11 is 0. The van der Waals surface area contributed by atoms with Crippen molar-refractivity contribution in [2.75, 3.05) is 30.0 Å². The van der Waals surface area contributed by atoms with Gasteiger partial charge in [0.25, 0.3) is 0 Å². The molecule has 1 rings (SSSR count). The number of anilines is 3. The first-order valence-electron chi connectivity index (χ1n) is 5.29. The first kappa shape index (κ1) is 13.0. The third-order valence-electron chi connectivity index (χ3n) is 2.02. The summed E-state index contributed by atoms with van der Waals surface area (Å²) in [4.78, 5) is 19.2. The average molecular weight is 239 g/mol. The Hall–Kier alpha value is -2.05. The number of nitrogens with two attached hydrogens (primary N) is 1. The minimum absolute atomic E-state index is 0.142. The Balaban J connectivity index is 2.80. The van der Waals surface area contributed by atoms with Crippen LogP contribution in [0.2, 0.25) is 0 Å². The van der Waals surface area contributed by atoms with Crippen LogP contribution in [0, 0.1) is 0 Å². The third kappa shape index (κ3) is 3.78. The first-order chi connectivity index (χ1) is 8.06. The molecule has 0 saturated carbocycles. The van der Waals surface area contributed by atoms with Gasteiger partial charge in [0.1, 0.15) is 17.7 Å². The van der Waals surface area contributed by atoms with E-state index in [9.17, 15) is 4.79 Å². The summed E-state index contributed by atoms with van der Waals surface area (Å²) in [5.74, 6) is 0.862. The van der Waals surface area contributed by atoms with Crippen LogP contribution in [0.4, 0.5) is 17.6 Å². The zero-order valence-corrected chi connectivity index (χ0v) is 10.2. The van der Waals surface area contributed by atoms with E-state index in [4.69, 9.17) is 5.73 Å². The fourth-order valence-electron chi connectivity index (χ4n) is 1.27. The van der Waals surface area contributed by atoms with Crippen LogP contribution >= 0.6 is 0 Å². The van der Waals surface area contributed by atoms with Crippen LogP contribution in [0.5, 0.6) is 0 Å². The molecule has 1 heterocycles. The van der Waals surface area contributed by atoms with E-state index in [1.807, 2.05) is 6.92 Å². The van der Waals surface area contributed by atoms with E-state index in [-0.39, 0.29) is 11.9 Å². The molecule has 1 unspecified atom stereocenters. The number of nitrogens with one attached hydrogen (secondary N) is 2. The molecule has 1 aromatic rings. The Morgan fingerprint density at radius 2 is 2.18 bits per heavy atom. The molecule has 0 fully saturated rings. The second-order valence-electron chi connectivity index (χ2n) is 3.42. The van der Waals surface area contributed by atoms with Gasteiger partial charge in [0, 0.05) is 12.6 Å². The molecule has 0 saturated heterocycles. The van der Waals surface area contributed by atoms with Crippen molar-refractivity contribution in [3.8, 4) is 0 Å². The van der Waals surface area contributed by atoms with Crippen molar-refractivity contribution in [2.24, 2.45) is 0 Å². The third-order valence-corrected chi connectivity index (χ3v) is 2.02. The Bertz CT molecular complexity index is 396. The van der Waals surface area contributed by atoms with Crippen molar-refractivity contribution in [2.45, 2.75) is 19.9 Å². The second kappa shape index (κ2) is 5.88. The standard InChI is InChI=1S/C10H17N5O2/c1-4-12-7-5-8(15-10(11)14-7)13-6(2)9(16)17-3/h5-6H,4H2,1-3H3,(H4,11,12,13,14,15). The zero-order valence-electron chi connectivity index (χ0n) is 10.2. The van der Waals surface area contributed by atoms with E-state index in [1.54, 1.807) is 13.0 Å². The maximum Gasteiger partial charge on any atom is 0.328 e. The van der Waals surface area contributed by atoms with Crippen LogP contribution in [0.3, 0.4) is 0 Å². The Morgan fingerprint density at radius 3 is 2.76 bits per heavy atom. The van der Waals surface area contributed by atoms with Crippen molar-refractivity contribution in [3.05, 3.63) is 6.07 Å². The molecule has 1 aromatic heterocycles. The lowest BCUT2D eigenvalue weighted by molar-refractivity contribution is -0.141. The maximum atomic E-state index is 11.2. The van der Waals surface area contributed by atoms with Gasteiger partial charge in [-0.25, -0.2) is 4.79 Å². The van der Waals surface area contributed by atoms with Gasteiger partial charge in [-0.1, -0.05) is 0 Å². The van der Waals surface area contributed by atoms with Crippen LogP contribution < -0.4 is 16.4 Å². The molecule has 0 radical (unpaired) electrons. The van der Waals surface area contributed by atoms with E-state index in [0.29, 0.717) is 11.6 Å². The van der Waals surface area contributed by atoms with Gasteiger partial charge in [0.2, 0.25) is 5.95 Å². The molecule has 0 spiro atoms. The van der Waals surface area contributed by atoms with Gasteiger partial charge in [-0.3, -0.25) is 0 Å². The number of carbonyl (C=O) groups is 1. The van der Waals surface area contributed by atoms with Gasteiger partial charge < -0.3 is 21.1 Å². The Kier molecular flexibility index (Phi) is 4.50. The number of esters is 1. The number of aromatic nitrogens is 2. The quantitative estimate of drug-likeness (QED) is 0.641. The molecule has 0 aliphatic rings. The molecule has 0 aromatic carbocycles. The molecule has 0 bridgehead atoms. The summed E-state index contributed by atoms with van der Waals surface area (Å²) < 4.78 is 4.60. The number of nitrogens with zero attached hydrogens (tertiary/aromatic N) is 2. The monoisotopic (exact) mass is 239 g/mol. The smallest absolute Gasteiger partial charge is 0.328 e. The van der Waals surface area contributed by atoms with Crippen molar-refractivity contribution in [1.29, 1.82) is 0 Å². The Labute approximate surface area is 99.8 Å². The van der Waals surface area contributed by atoms with Gasteiger partial charge in [0.15, 0.2) is 0 Å². The average Bonchev–Trinajstić information content (AvgIpc) is 2.27. The minimum atomic E-state index is -0.497. The van der Waals surface area contributed by atoms with E-state index in [0.717, 1.165) is 6.54 Å². The summed E-state index contributed by atoms with van der Waals surface area (Å²) in [6, 6.07) is 1.18. The van der Waals surface area contributed by atoms with E-state index >= 15 is 0 Å². The molecule has 0 aliphatic carbocycles. The number of hydrogen-bond donors (Lipinski definition) is 3. The number of nitrogen functional groups attached to an aromatic ring is 1. The summed E-state index contributed by atoms with van der Waals surface area (Å²) in [5, 5.41) is 5.90. The highest BCUT2D eigenvalue weighted by molar-refractivity contribution is 5.78. The number of carbonyl (C=O) groups excluding carboxylic acids is 1. The van der Waals surface area contributed by atoms with Crippen LogP contribution in [0.15, 0.2) is 6.07 Å². The van der Waals surface area contributed by atoms with Crippen LogP contribution in [0.1, 0.15) is 13.8 Å². The SMILES string of the molecule is CCNc1cc(NC(C)C(=O)OC)nc(N)n1. The number of methoxy groups -OCH3 is 1. The fourth-order valence-corrected chi connectivity index (χ4v) is 1.27. The summed E-state index contributed by atoms with van der Waals surface area (Å²) in [5.41, 5.74) is 5.56. The normalized spacial score (nSPS) is 11.7. The minimum Gasteiger partial charge on any atom is -0.467 e. The maximum absolute atomic E-state index is 11.2. The second-order valence-corrected chi connectivity index (χ2v) is 3.42. The van der Waals surface area contributed by atoms with E-state index in [2.05, 4.69) is 25.3 Å². The molecule has 0 aliphatic heterocycles. The summed E-state index contributed by atoms with van der Waals surface area (Å²) in [7, 11) is 1.33. The van der Waals surface area contributed by atoms with Crippen molar-refractivity contribution in [3.63, 3.8) is 0 Å². The molecule has 0 amide bonds. The topological polar surface area (TPSA) is 102 Å². The fraction of sp³-hybridized carbons (Fsp3) is 0.500. The van der Waals surface area contributed by atoms with E-state index < -0.39 is 6.04 Å². The largest absolute Gasteiger partial charge is 0.467 e. The molecule has 7 heteroatoms. The molecule has 94 valence electrons. The molecular formula is C10H17N5O2. The highest BCUT2D eigenvalue weighted by Gasteiger charge is 2.13. The lowest BCUT2D eigenvalue weighted by atomic mass is 10.3. The number of rotatable bonds is 5. The van der Waals surface area contributed by atoms with Crippen molar-refractivity contribution >= 4 is 23.6 Å². The Morgan fingerprint density at radius 1 is 1.53 bits per heavy atom. The number of ether oxygens (including phenoxy) is 1. The molecular weight excluding hydrogens is 222 g/mol. The van der Waals surface area contributed by atoms with Gasteiger partial charge in [-0.15, -0.1) is 0 Å².